The van der Waals surface area contributed by atoms with Crippen LogP contribution in [0.2, 0.25) is 0 Å². The third kappa shape index (κ3) is 3.04. The number of nitrogens with one attached hydrogen (secondary N) is 2. The van der Waals surface area contributed by atoms with Gasteiger partial charge in [0.25, 0.3) is 0 Å². The maximum absolute atomic E-state index is 10.7. The number of rotatable bonds is 5. The van der Waals surface area contributed by atoms with Crippen molar-refractivity contribution in [2.45, 2.75) is 32.2 Å². The lowest BCUT2D eigenvalue weighted by atomic mass is 10.1. The minimum Gasteiger partial charge on any atom is -0.352 e. The number of primary amides is 1. The van der Waals surface area contributed by atoms with Crippen molar-refractivity contribution in [3.05, 3.63) is 12.2 Å². The van der Waals surface area contributed by atoms with Crippen molar-refractivity contribution in [1.82, 2.24) is 20.5 Å². The summed E-state index contributed by atoms with van der Waals surface area (Å²) in [5, 5.41) is 9.07. The highest BCUT2D eigenvalue weighted by atomic mass is 16.2. The van der Waals surface area contributed by atoms with Gasteiger partial charge < -0.3 is 11.1 Å². The standard InChI is InChI=1S/C8H15N5O/c1-2-3-4-6(12-8(9)14)7-10-5-11-13-7/h5-6H,2-4H2,1H3,(H3,9,12,14)(H,10,11,13). The number of nitrogens with two attached hydrogens (primary N) is 1. The van der Waals surface area contributed by atoms with Gasteiger partial charge in [0, 0.05) is 0 Å². The van der Waals surface area contributed by atoms with E-state index in [1.54, 1.807) is 0 Å². The van der Waals surface area contributed by atoms with Crippen LogP contribution in [0.4, 0.5) is 4.79 Å². The second-order valence-corrected chi connectivity index (χ2v) is 3.07. The molecule has 0 spiro atoms. The molecule has 0 aliphatic rings. The van der Waals surface area contributed by atoms with E-state index >= 15 is 0 Å². The van der Waals surface area contributed by atoms with E-state index in [9.17, 15) is 4.79 Å². The first kappa shape index (κ1) is 10.5. The number of amides is 2. The van der Waals surface area contributed by atoms with Crippen molar-refractivity contribution in [2.75, 3.05) is 0 Å². The maximum atomic E-state index is 10.7. The second kappa shape index (κ2) is 5.21. The normalized spacial score (nSPS) is 12.4. The van der Waals surface area contributed by atoms with Crippen LogP contribution >= 0.6 is 0 Å². The Kier molecular flexibility index (Phi) is 3.90. The maximum Gasteiger partial charge on any atom is 0.312 e. The number of aromatic amines is 1. The van der Waals surface area contributed by atoms with E-state index in [4.69, 9.17) is 5.73 Å². The van der Waals surface area contributed by atoms with Crippen molar-refractivity contribution < 1.29 is 4.79 Å². The molecule has 6 nitrogen and oxygen atoms in total. The number of unbranched alkanes of at least 4 members (excludes halogenated alkanes) is 1. The monoisotopic (exact) mass is 197 g/mol. The van der Waals surface area contributed by atoms with Gasteiger partial charge >= 0.3 is 6.03 Å². The van der Waals surface area contributed by atoms with Crippen LogP contribution in [0.1, 0.15) is 38.1 Å². The van der Waals surface area contributed by atoms with Crippen molar-refractivity contribution in [3.8, 4) is 0 Å². The minimum atomic E-state index is -0.539. The lowest BCUT2D eigenvalue weighted by Gasteiger charge is -2.13. The molecule has 0 aliphatic carbocycles. The molecule has 1 heterocycles. The van der Waals surface area contributed by atoms with Crippen molar-refractivity contribution in [1.29, 1.82) is 0 Å². The van der Waals surface area contributed by atoms with Gasteiger partial charge in [-0.05, 0) is 6.42 Å². The quantitative estimate of drug-likeness (QED) is 0.648. The summed E-state index contributed by atoms with van der Waals surface area (Å²) >= 11 is 0. The predicted octanol–water partition coefficient (Wildman–Crippen LogP) is 0.704. The summed E-state index contributed by atoms with van der Waals surface area (Å²) < 4.78 is 0. The summed E-state index contributed by atoms with van der Waals surface area (Å²) in [6.07, 6.45) is 4.29. The molecule has 2 amide bonds. The Labute approximate surface area is 82.3 Å². The third-order valence-electron chi connectivity index (χ3n) is 1.93. The molecule has 1 aromatic heterocycles. The fraction of sp³-hybridized carbons (Fsp3) is 0.625. The molecule has 1 unspecified atom stereocenters. The zero-order chi connectivity index (χ0) is 10.4. The van der Waals surface area contributed by atoms with Gasteiger partial charge in [0.1, 0.15) is 12.2 Å². The molecule has 1 aromatic rings. The first-order valence-electron chi connectivity index (χ1n) is 4.65. The van der Waals surface area contributed by atoms with E-state index in [1.165, 1.54) is 6.33 Å². The fourth-order valence-corrected chi connectivity index (χ4v) is 1.24. The number of hydrogen-bond donors (Lipinski definition) is 3. The molecule has 0 aliphatic heterocycles. The highest BCUT2D eigenvalue weighted by Crippen LogP contribution is 2.14. The highest BCUT2D eigenvalue weighted by Gasteiger charge is 2.14. The van der Waals surface area contributed by atoms with E-state index in [-0.39, 0.29) is 6.04 Å². The number of carbonyl (C=O) groups is 1. The Bertz CT molecular complexity index is 271. The molecule has 1 rings (SSSR count). The summed E-state index contributed by atoms with van der Waals surface area (Å²) in [4.78, 5) is 14.7. The first-order chi connectivity index (χ1) is 6.74. The highest BCUT2D eigenvalue weighted by molar-refractivity contribution is 5.72. The lowest BCUT2D eigenvalue weighted by molar-refractivity contribution is 0.243. The van der Waals surface area contributed by atoms with E-state index in [0.29, 0.717) is 5.82 Å². The van der Waals surface area contributed by atoms with Crippen molar-refractivity contribution in [2.24, 2.45) is 5.73 Å². The van der Waals surface area contributed by atoms with Crippen LogP contribution in [0.3, 0.4) is 0 Å². The van der Waals surface area contributed by atoms with Crippen molar-refractivity contribution in [3.63, 3.8) is 0 Å². The third-order valence-corrected chi connectivity index (χ3v) is 1.93. The van der Waals surface area contributed by atoms with E-state index in [1.807, 2.05) is 0 Å². The molecule has 14 heavy (non-hydrogen) atoms. The molecule has 0 radical (unpaired) electrons. The van der Waals surface area contributed by atoms with Gasteiger partial charge in [-0.15, -0.1) is 0 Å². The number of urea groups is 1. The average molecular weight is 197 g/mol. The molecule has 0 fully saturated rings. The van der Waals surface area contributed by atoms with Crippen LogP contribution in [0.5, 0.6) is 0 Å². The molecule has 0 saturated carbocycles. The summed E-state index contributed by atoms with van der Waals surface area (Å²) in [7, 11) is 0. The first-order valence-corrected chi connectivity index (χ1v) is 4.65. The van der Waals surface area contributed by atoms with Crippen LogP contribution in [-0.4, -0.2) is 21.2 Å². The fourth-order valence-electron chi connectivity index (χ4n) is 1.24. The molecule has 6 heteroatoms. The molecule has 0 saturated heterocycles. The smallest absolute Gasteiger partial charge is 0.312 e. The van der Waals surface area contributed by atoms with Crippen LogP contribution in [0.25, 0.3) is 0 Å². The summed E-state index contributed by atoms with van der Waals surface area (Å²) in [6, 6.07) is -0.697. The van der Waals surface area contributed by atoms with Crippen molar-refractivity contribution >= 4 is 6.03 Å². The zero-order valence-corrected chi connectivity index (χ0v) is 8.16. The number of carbonyl (C=O) groups excluding carboxylic acids is 1. The molecule has 4 N–H and O–H groups in total. The molecular formula is C8H15N5O. The molecule has 78 valence electrons. The second-order valence-electron chi connectivity index (χ2n) is 3.07. The van der Waals surface area contributed by atoms with Crippen LogP contribution in [-0.2, 0) is 0 Å². The molecular weight excluding hydrogens is 182 g/mol. The average Bonchev–Trinajstić information content (AvgIpc) is 2.64. The summed E-state index contributed by atoms with van der Waals surface area (Å²) in [6.45, 7) is 2.09. The van der Waals surface area contributed by atoms with E-state index in [2.05, 4.69) is 27.4 Å². The topological polar surface area (TPSA) is 96.7 Å². The molecule has 1 atom stereocenters. The number of aromatic nitrogens is 3. The largest absolute Gasteiger partial charge is 0.352 e. The van der Waals surface area contributed by atoms with E-state index < -0.39 is 6.03 Å². The minimum absolute atomic E-state index is 0.157. The number of H-pyrrole nitrogens is 1. The Morgan fingerprint density at radius 3 is 3.07 bits per heavy atom. The van der Waals surface area contributed by atoms with Gasteiger partial charge in [0.05, 0.1) is 6.04 Å². The summed E-state index contributed by atoms with van der Waals surface area (Å²) in [5.74, 6) is 0.650. The summed E-state index contributed by atoms with van der Waals surface area (Å²) in [5.41, 5.74) is 5.06. The molecule has 0 bridgehead atoms. The SMILES string of the molecule is CCCCC(NC(N)=O)c1ncn[nH]1. The zero-order valence-electron chi connectivity index (χ0n) is 8.16. The van der Waals surface area contributed by atoms with E-state index in [0.717, 1.165) is 19.3 Å². The van der Waals surface area contributed by atoms with Crippen LogP contribution in [0.15, 0.2) is 6.33 Å². The van der Waals surface area contributed by atoms with Gasteiger partial charge in [0.2, 0.25) is 0 Å². The number of hydrogen-bond acceptors (Lipinski definition) is 3. The Morgan fingerprint density at radius 1 is 1.79 bits per heavy atom. The van der Waals surface area contributed by atoms with Crippen LogP contribution < -0.4 is 11.1 Å². The van der Waals surface area contributed by atoms with Gasteiger partial charge in [-0.25, -0.2) is 9.78 Å². The lowest BCUT2D eigenvalue weighted by Crippen LogP contribution is -2.33. The van der Waals surface area contributed by atoms with Crippen LogP contribution in [0, 0.1) is 0 Å². The predicted molar refractivity (Wildman–Crippen MR) is 51.4 cm³/mol. The van der Waals surface area contributed by atoms with Gasteiger partial charge in [-0.2, -0.15) is 5.10 Å². The molecule has 0 aromatic carbocycles. The van der Waals surface area contributed by atoms with Gasteiger partial charge in [-0.1, -0.05) is 19.8 Å². The number of nitrogens with zero attached hydrogens (tertiary/aromatic N) is 2. The van der Waals surface area contributed by atoms with Gasteiger partial charge in [-0.3, -0.25) is 5.10 Å². The Balaban J connectivity index is 2.57. The Morgan fingerprint density at radius 2 is 2.57 bits per heavy atom. The Hall–Kier alpha value is -1.59. The van der Waals surface area contributed by atoms with Gasteiger partial charge in [0.15, 0.2) is 0 Å².